The first kappa shape index (κ1) is 16.9. The topological polar surface area (TPSA) is 72.6 Å². The Balaban J connectivity index is 2.44. The summed E-state index contributed by atoms with van der Waals surface area (Å²) in [4.78, 5) is 0.334. The Morgan fingerprint density at radius 2 is 2.10 bits per heavy atom. The van der Waals surface area contributed by atoms with Crippen LogP contribution < -0.4 is 5.73 Å². The Morgan fingerprint density at radius 1 is 1.43 bits per heavy atom. The summed E-state index contributed by atoms with van der Waals surface area (Å²) in [5.41, 5.74) is 7.18. The largest absolute Gasteiger partial charge is 0.383 e. The minimum Gasteiger partial charge on any atom is -0.383 e. The molecule has 0 amide bonds. The van der Waals surface area contributed by atoms with Gasteiger partial charge in [0, 0.05) is 30.7 Å². The highest BCUT2D eigenvalue weighted by Gasteiger charge is 2.38. The van der Waals surface area contributed by atoms with Crippen molar-refractivity contribution in [1.82, 2.24) is 4.31 Å². The molecule has 2 N–H and O–H groups in total. The van der Waals surface area contributed by atoms with Crippen molar-refractivity contribution in [2.45, 2.75) is 37.2 Å². The van der Waals surface area contributed by atoms with Crippen molar-refractivity contribution in [3.05, 3.63) is 27.7 Å². The van der Waals surface area contributed by atoms with E-state index in [1.54, 1.807) is 24.4 Å². The minimum absolute atomic E-state index is 0.102. The van der Waals surface area contributed by atoms with Crippen LogP contribution in [-0.4, -0.2) is 39.0 Å². The molecule has 0 saturated heterocycles. The van der Waals surface area contributed by atoms with Gasteiger partial charge in [0.1, 0.15) is 0 Å². The molecule has 0 aromatic heterocycles. The van der Waals surface area contributed by atoms with E-state index in [2.05, 4.69) is 15.9 Å². The van der Waals surface area contributed by atoms with Crippen LogP contribution in [0.2, 0.25) is 0 Å². The lowest BCUT2D eigenvalue weighted by atomic mass is 10.1. The third kappa shape index (κ3) is 3.65. The number of hydrogen-bond acceptors (Lipinski definition) is 4. The van der Waals surface area contributed by atoms with Crippen molar-refractivity contribution >= 4 is 26.0 Å². The highest BCUT2D eigenvalue weighted by molar-refractivity contribution is 9.10. The van der Waals surface area contributed by atoms with Gasteiger partial charge in [-0.2, -0.15) is 4.31 Å². The maximum absolute atomic E-state index is 13.0. The van der Waals surface area contributed by atoms with Gasteiger partial charge in [0.15, 0.2) is 0 Å². The SMILES string of the molecule is COCCN(C1CC1)S(=O)(=O)c1cc(CN)cc(Br)c1C. The number of methoxy groups -OCH3 is 1. The van der Waals surface area contributed by atoms with Crippen LogP contribution in [-0.2, 0) is 21.3 Å². The van der Waals surface area contributed by atoms with Gasteiger partial charge in [-0.15, -0.1) is 0 Å². The van der Waals surface area contributed by atoms with Gasteiger partial charge in [0.25, 0.3) is 0 Å². The smallest absolute Gasteiger partial charge is 0.243 e. The van der Waals surface area contributed by atoms with Gasteiger partial charge in [-0.1, -0.05) is 15.9 Å². The Morgan fingerprint density at radius 3 is 2.62 bits per heavy atom. The van der Waals surface area contributed by atoms with E-state index in [-0.39, 0.29) is 6.04 Å². The van der Waals surface area contributed by atoms with Crippen LogP contribution in [0.5, 0.6) is 0 Å². The fourth-order valence-electron chi connectivity index (χ4n) is 2.26. The molecule has 1 aliphatic carbocycles. The van der Waals surface area contributed by atoms with E-state index in [4.69, 9.17) is 10.5 Å². The van der Waals surface area contributed by atoms with Crippen LogP contribution in [0.15, 0.2) is 21.5 Å². The molecule has 0 aliphatic heterocycles. The van der Waals surface area contributed by atoms with Crippen LogP contribution >= 0.6 is 15.9 Å². The highest BCUT2D eigenvalue weighted by atomic mass is 79.9. The van der Waals surface area contributed by atoms with Crippen molar-refractivity contribution in [1.29, 1.82) is 0 Å². The summed E-state index contributed by atoms with van der Waals surface area (Å²) < 4.78 is 33.3. The summed E-state index contributed by atoms with van der Waals surface area (Å²) in [5.74, 6) is 0. The van der Waals surface area contributed by atoms with Crippen molar-refractivity contribution in [2.75, 3.05) is 20.3 Å². The molecular weight excluding hydrogens is 356 g/mol. The maximum atomic E-state index is 13.0. The Bertz CT molecular complexity index is 615. The van der Waals surface area contributed by atoms with Crippen LogP contribution in [0.1, 0.15) is 24.0 Å². The van der Waals surface area contributed by atoms with Crippen LogP contribution in [0.3, 0.4) is 0 Å². The Labute approximate surface area is 134 Å². The van der Waals surface area contributed by atoms with Gasteiger partial charge in [-0.3, -0.25) is 0 Å². The van der Waals surface area contributed by atoms with Crippen molar-refractivity contribution in [3.8, 4) is 0 Å². The van der Waals surface area contributed by atoms with Gasteiger partial charge in [-0.25, -0.2) is 8.42 Å². The van der Waals surface area contributed by atoms with Gasteiger partial charge < -0.3 is 10.5 Å². The monoisotopic (exact) mass is 376 g/mol. The van der Waals surface area contributed by atoms with Gasteiger partial charge in [-0.05, 0) is 43.0 Å². The molecule has 0 radical (unpaired) electrons. The molecule has 2 rings (SSSR count). The standard InChI is InChI=1S/C14H21BrN2O3S/c1-10-13(15)7-11(9-16)8-14(10)21(18,19)17(5-6-20-2)12-3-4-12/h7-8,12H,3-6,9,16H2,1-2H3. The number of ether oxygens (including phenoxy) is 1. The van der Waals surface area contributed by atoms with E-state index in [9.17, 15) is 8.42 Å². The molecule has 1 fully saturated rings. The first-order chi connectivity index (χ1) is 9.91. The van der Waals surface area contributed by atoms with E-state index in [1.165, 1.54) is 0 Å². The first-order valence-electron chi connectivity index (χ1n) is 6.91. The van der Waals surface area contributed by atoms with E-state index in [0.29, 0.717) is 24.6 Å². The summed E-state index contributed by atoms with van der Waals surface area (Å²) in [6.45, 7) is 2.89. The average molecular weight is 377 g/mol. The summed E-state index contributed by atoms with van der Waals surface area (Å²) in [7, 11) is -1.95. The second-order valence-electron chi connectivity index (χ2n) is 5.24. The highest BCUT2D eigenvalue weighted by Crippen LogP contribution is 2.34. The van der Waals surface area contributed by atoms with Crippen LogP contribution in [0.4, 0.5) is 0 Å². The predicted molar refractivity (Wildman–Crippen MR) is 85.6 cm³/mol. The fraction of sp³-hybridized carbons (Fsp3) is 0.571. The lowest BCUT2D eigenvalue weighted by molar-refractivity contribution is 0.177. The number of benzene rings is 1. The fourth-order valence-corrected chi connectivity index (χ4v) is 4.87. The summed E-state index contributed by atoms with van der Waals surface area (Å²) in [6.07, 6.45) is 1.83. The lowest BCUT2D eigenvalue weighted by Gasteiger charge is -2.23. The summed E-state index contributed by atoms with van der Waals surface area (Å²) in [5, 5.41) is 0. The second kappa shape index (κ2) is 6.75. The maximum Gasteiger partial charge on any atom is 0.243 e. The zero-order valence-electron chi connectivity index (χ0n) is 12.3. The lowest BCUT2D eigenvalue weighted by Crippen LogP contribution is -2.36. The van der Waals surface area contributed by atoms with E-state index >= 15 is 0 Å². The van der Waals surface area contributed by atoms with Crippen molar-refractivity contribution in [2.24, 2.45) is 5.73 Å². The second-order valence-corrected chi connectivity index (χ2v) is 7.96. The van der Waals surface area contributed by atoms with Gasteiger partial charge in [0.2, 0.25) is 10.0 Å². The van der Waals surface area contributed by atoms with Gasteiger partial charge >= 0.3 is 0 Å². The molecule has 7 heteroatoms. The van der Waals surface area contributed by atoms with E-state index < -0.39 is 10.0 Å². The molecule has 1 aliphatic rings. The number of halogens is 1. The number of sulfonamides is 1. The molecule has 0 spiro atoms. The zero-order chi connectivity index (χ0) is 15.6. The molecule has 0 heterocycles. The molecule has 1 saturated carbocycles. The molecule has 1 aromatic rings. The average Bonchev–Trinajstić information content (AvgIpc) is 3.26. The van der Waals surface area contributed by atoms with Crippen LogP contribution in [0.25, 0.3) is 0 Å². The van der Waals surface area contributed by atoms with Crippen molar-refractivity contribution < 1.29 is 13.2 Å². The molecule has 0 unspecified atom stereocenters. The Kier molecular flexibility index (Phi) is 5.43. The van der Waals surface area contributed by atoms with Gasteiger partial charge in [0.05, 0.1) is 11.5 Å². The number of hydrogen-bond donors (Lipinski definition) is 1. The zero-order valence-corrected chi connectivity index (χ0v) is 14.7. The molecule has 5 nitrogen and oxygen atoms in total. The number of nitrogens with two attached hydrogens (primary N) is 1. The quantitative estimate of drug-likeness (QED) is 0.789. The molecular formula is C14H21BrN2O3S. The van der Waals surface area contributed by atoms with Crippen LogP contribution in [0, 0.1) is 6.92 Å². The first-order valence-corrected chi connectivity index (χ1v) is 9.15. The molecule has 118 valence electrons. The molecule has 0 atom stereocenters. The summed E-state index contributed by atoms with van der Waals surface area (Å²) in [6, 6.07) is 3.65. The van der Waals surface area contributed by atoms with E-state index in [1.807, 2.05) is 6.07 Å². The number of nitrogens with zero attached hydrogens (tertiary/aromatic N) is 1. The molecule has 0 bridgehead atoms. The normalized spacial score (nSPS) is 15.7. The summed E-state index contributed by atoms with van der Waals surface area (Å²) >= 11 is 3.42. The van der Waals surface area contributed by atoms with Crippen molar-refractivity contribution in [3.63, 3.8) is 0 Å². The Hall–Kier alpha value is -0.470. The number of rotatable bonds is 7. The third-order valence-corrected chi connectivity index (χ3v) is 6.55. The minimum atomic E-state index is -3.53. The third-order valence-electron chi connectivity index (χ3n) is 3.65. The molecule has 21 heavy (non-hydrogen) atoms. The molecule has 1 aromatic carbocycles. The predicted octanol–water partition coefficient (Wildman–Crippen LogP) is 2.02. The van der Waals surface area contributed by atoms with E-state index in [0.717, 1.165) is 28.4 Å².